The fourth-order valence-corrected chi connectivity index (χ4v) is 4.44. The lowest BCUT2D eigenvalue weighted by molar-refractivity contribution is -0.140. The van der Waals surface area contributed by atoms with Crippen molar-refractivity contribution in [2.24, 2.45) is 0 Å². The molecule has 0 aliphatic carbocycles. The third-order valence-electron chi connectivity index (χ3n) is 6.20. The SMILES string of the molecule is CCOc1ccc(/C(O)=C2\C(=O)C(=O)N(Cc3ccc4c(c3)OCO4)C2c2ccc(OC)cc2)cc1. The van der Waals surface area contributed by atoms with E-state index in [1.165, 1.54) is 4.90 Å². The molecular formula is C28H25NO7. The largest absolute Gasteiger partial charge is 0.507 e. The number of hydrogen-bond donors (Lipinski definition) is 1. The van der Waals surface area contributed by atoms with E-state index in [1.54, 1.807) is 67.8 Å². The predicted molar refractivity (Wildman–Crippen MR) is 131 cm³/mol. The second kappa shape index (κ2) is 9.65. The molecule has 1 atom stereocenters. The number of hydrogen-bond acceptors (Lipinski definition) is 7. The van der Waals surface area contributed by atoms with Crippen LogP contribution in [0.15, 0.2) is 72.3 Å². The molecule has 1 amide bonds. The van der Waals surface area contributed by atoms with Gasteiger partial charge in [0.1, 0.15) is 17.3 Å². The Bertz CT molecular complexity index is 1330. The predicted octanol–water partition coefficient (Wildman–Crippen LogP) is 4.44. The van der Waals surface area contributed by atoms with Crippen LogP contribution in [0.2, 0.25) is 0 Å². The van der Waals surface area contributed by atoms with Crippen molar-refractivity contribution in [1.29, 1.82) is 0 Å². The number of fused-ring (bicyclic) bond motifs is 1. The normalized spacial score (nSPS) is 17.9. The number of ether oxygens (including phenoxy) is 4. The molecule has 36 heavy (non-hydrogen) atoms. The summed E-state index contributed by atoms with van der Waals surface area (Å²) in [5.74, 6) is 0.804. The summed E-state index contributed by atoms with van der Waals surface area (Å²) < 4.78 is 21.6. The van der Waals surface area contributed by atoms with Crippen molar-refractivity contribution in [3.63, 3.8) is 0 Å². The summed E-state index contributed by atoms with van der Waals surface area (Å²) in [6.45, 7) is 2.66. The summed E-state index contributed by atoms with van der Waals surface area (Å²) >= 11 is 0. The smallest absolute Gasteiger partial charge is 0.295 e. The Labute approximate surface area is 208 Å². The van der Waals surface area contributed by atoms with Gasteiger partial charge < -0.3 is 29.0 Å². The van der Waals surface area contributed by atoms with E-state index in [0.717, 1.165) is 5.56 Å². The molecule has 2 heterocycles. The molecule has 0 radical (unpaired) electrons. The van der Waals surface area contributed by atoms with E-state index in [9.17, 15) is 14.7 Å². The van der Waals surface area contributed by atoms with Crippen molar-refractivity contribution < 1.29 is 33.6 Å². The maximum Gasteiger partial charge on any atom is 0.295 e. The fourth-order valence-electron chi connectivity index (χ4n) is 4.44. The Morgan fingerprint density at radius 1 is 0.972 bits per heavy atom. The summed E-state index contributed by atoms with van der Waals surface area (Å²) in [6.07, 6.45) is 0. The van der Waals surface area contributed by atoms with E-state index >= 15 is 0 Å². The van der Waals surface area contributed by atoms with Crippen LogP contribution in [-0.2, 0) is 16.1 Å². The van der Waals surface area contributed by atoms with Crippen molar-refractivity contribution in [3.05, 3.63) is 89.0 Å². The Morgan fingerprint density at radius 2 is 1.67 bits per heavy atom. The van der Waals surface area contributed by atoms with Crippen LogP contribution in [0.4, 0.5) is 0 Å². The number of aliphatic hydroxyl groups is 1. The maximum absolute atomic E-state index is 13.3. The Balaban J connectivity index is 1.57. The second-order valence-electron chi connectivity index (χ2n) is 8.35. The monoisotopic (exact) mass is 487 g/mol. The molecule has 1 saturated heterocycles. The van der Waals surface area contributed by atoms with Gasteiger partial charge in [-0.2, -0.15) is 0 Å². The molecule has 3 aromatic rings. The van der Waals surface area contributed by atoms with E-state index in [1.807, 2.05) is 13.0 Å². The summed E-state index contributed by atoms with van der Waals surface area (Å²) in [7, 11) is 1.56. The van der Waals surface area contributed by atoms with Gasteiger partial charge in [-0.25, -0.2) is 0 Å². The number of amides is 1. The topological polar surface area (TPSA) is 94.5 Å². The van der Waals surface area contributed by atoms with Gasteiger partial charge in [0.15, 0.2) is 11.5 Å². The van der Waals surface area contributed by atoms with Gasteiger partial charge in [0.05, 0.1) is 25.3 Å². The summed E-state index contributed by atoms with van der Waals surface area (Å²) in [6, 6.07) is 18.4. The van der Waals surface area contributed by atoms with Gasteiger partial charge in [-0.3, -0.25) is 9.59 Å². The third-order valence-corrected chi connectivity index (χ3v) is 6.20. The minimum absolute atomic E-state index is 0.0232. The second-order valence-corrected chi connectivity index (χ2v) is 8.35. The highest BCUT2D eigenvalue weighted by molar-refractivity contribution is 6.46. The molecule has 5 rings (SSSR count). The molecule has 1 fully saturated rings. The first kappa shape index (κ1) is 23.3. The van der Waals surface area contributed by atoms with Crippen LogP contribution in [0.3, 0.4) is 0 Å². The van der Waals surface area contributed by atoms with Crippen LogP contribution in [0.5, 0.6) is 23.0 Å². The number of likely N-dealkylation sites (tertiary alicyclic amines) is 1. The number of Topliss-reactive ketones (excluding diaryl/α,β-unsaturated/α-hetero) is 1. The highest BCUT2D eigenvalue weighted by Crippen LogP contribution is 2.41. The molecule has 3 aromatic carbocycles. The fraction of sp³-hybridized carbons (Fsp3) is 0.214. The van der Waals surface area contributed by atoms with Gasteiger partial charge in [-0.1, -0.05) is 18.2 Å². The molecule has 2 aliphatic heterocycles. The third kappa shape index (κ3) is 4.22. The van der Waals surface area contributed by atoms with Gasteiger partial charge in [0.2, 0.25) is 6.79 Å². The van der Waals surface area contributed by atoms with E-state index in [-0.39, 0.29) is 24.7 Å². The van der Waals surface area contributed by atoms with Crippen LogP contribution in [0.1, 0.15) is 29.7 Å². The van der Waals surface area contributed by atoms with Gasteiger partial charge in [0, 0.05) is 12.1 Å². The Hall–Kier alpha value is -4.46. The molecule has 2 aliphatic rings. The Morgan fingerprint density at radius 3 is 2.36 bits per heavy atom. The zero-order valence-electron chi connectivity index (χ0n) is 19.9. The average Bonchev–Trinajstić information content (AvgIpc) is 3.47. The quantitative estimate of drug-likeness (QED) is 0.299. The van der Waals surface area contributed by atoms with Crippen LogP contribution in [0, 0.1) is 0 Å². The van der Waals surface area contributed by atoms with Crippen molar-refractivity contribution in [2.45, 2.75) is 19.5 Å². The molecule has 184 valence electrons. The van der Waals surface area contributed by atoms with Gasteiger partial charge in [-0.05, 0) is 66.6 Å². The number of nitrogens with zero attached hydrogens (tertiary/aromatic N) is 1. The summed E-state index contributed by atoms with van der Waals surface area (Å²) in [5, 5.41) is 11.3. The number of ketones is 1. The number of aliphatic hydroxyl groups excluding tert-OH is 1. The highest BCUT2D eigenvalue weighted by Gasteiger charge is 2.46. The van der Waals surface area contributed by atoms with Crippen molar-refractivity contribution in [2.75, 3.05) is 20.5 Å². The zero-order chi connectivity index (χ0) is 25.2. The van der Waals surface area contributed by atoms with E-state index in [2.05, 4.69) is 0 Å². The van der Waals surface area contributed by atoms with Gasteiger partial charge in [0.25, 0.3) is 11.7 Å². The highest BCUT2D eigenvalue weighted by atomic mass is 16.7. The van der Waals surface area contributed by atoms with Crippen molar-refractivity contribution in [1.82, 2.24) is 4.90 Å². The van der Waals surface area contributed by atoms with Crippen molar-refractivity contribution in [3.8, 4) is 23.0 Å². The van der Waals surface area contributed by atoms with E-state index < -0.39 is 17.7 Å². The molecule has 1 unspecified atom stereocenters. The molecule has 0 spiro atoms. The van der Waals surface area contributed by atoms with Gasteiger partial charge in [-0.15, -0.1) is 0 Å². The number of rotatable bonds is 7. The first-order valence-electron chi connectivity index (χ1n) is 11.5. The molecule has 0 bridgehead atoms. The molecule has 8 nitrogen and oxygen atoms in total. The molecular weight excluding hydrogens is 462 g/mol. The number of carbonyl (C=O) groups is 2. The lowest BCUT2D eigenvalue weighted by Crippen LogP contribution is -2.29. The van der Waals surface area contributed by atoms with Gasteiger partial charge >= 0.3 is 0 Å². The lowest BCUT2D eigenvalue weighted by atomic mass is 9.95. The summed E-state index contributed by atoms with van der Waals surface area (Å²) in [5.41, 5.74) is 1.87. The van der Waals surface area contributed by atoms with Crippen molar-refractivity contribution >= 4 is 17.4 Å². The molecule has 1 N–H and O–H groups in total. The maximum atomic E-state index is 13.3. The first-order valence-corrected chi connectivity index (χ1v) is 11.5. The average molecular weight is 488 g/mol. The minimum Gasteiger partial charge on any atom is -0.507 e. The van der Waals surface area contributed by atoms with E-state index in [4.69, 9.17) is 18.9 Å². The first-order chi connectivity index (χ1) is 17.5. The standard InChI is InChI=1S/C28H25NO7/c1-3-34-21-11-7-19(8-12-21)26(30)24-25(18-5-9-20(33-2)10-6-18)29(28(32)27(24)31)15-17-4-13-22-23(14-17)36-16-35-22/h4-14,25,30H,3,15-16H2,1-2H3/b26-24+. The zero-order valence-corrected chi connectivity index (χ0v) is 19.9. The molecule has 0 aromatic heterocycles. The summed E-state index contributed by atoms with van der Waals surface area (Å²) in [4.78, 5) is 28.0. The molecule has 8 heteroatoms. The van der Waals surface area contributed by atoms with Crippen LogP contribution < -0.4 is 18.9 Å². The number of carbonyl (C=O) groups excluding carboxylic acids is 2. The van der Waals surface area contributed by atoms with Crippen LogP contribution in [0.25, 0.3) is 5.76 Å². The number of benzene rings is 3. The minimum atomic E-state index is -0.798. The van der Waals surface area contributed by atoms with Crippen LogP contribution in [-0.4, -0.2) is 42.2 Å². The number of methoxy groups -OCH3 is 1. The Kier molecular flexibility index (Phi) is 6.25. The van der Waals surface area contributed by atoms with E-state index in [0.29, 0.717) is 40.7 Å². The lowest BCUT2D eigenvalue weighted by Gasteiger charge is -2.25. The van der Waals surface area contributed by atoms with Crippen LogP contribution >= 0.6 is 0 Å². The molecule has 0 saturated carbocycles.